The van der Waals surface area contributed by atoms with E-state index in [0.29, 0.717) is 25.3 Å². The maximum absolute atomic E-state index is 13.0. The summed E-state index contributed by atoms with van der Waals surface area (Å²) in [7, 11) is -3.65. The second-order valence-electron chi connectivity index (χ2n) is 6.43. The minimum absolute atomic E-state index is 0.227. The molecular formula is C20H26N4O2S2. The monoisotopic (exact) mass is 418 g/mol. The molecule has 28 heavy (non-hydrogen) atoms. The normalized spacial score (nSPS) is 12.0. The second kappa shape index (κ2) is 9.47. The first kappa shape index (κ1) is 20.7. The summed E-state index contributed by atoms with van der Waals surface area (Å²) in [5.74, 6) is 0. The van der Waals surface area contributed by atoms with Gasteiger partial charge in [-0.15, -0.1) is 11.3 Å². The van der Waals surface area contributed by atoms with E-state index in [0.717, 1.165) is 23.5 Å². The zero-order valence-corrected chi connectivity index (χ0v) is 17.8. The van der Waals surface area contributed by atoms with Crippen LogP contribution in [-0.4, -0.2) is 49.3 Å². The first-order chi connectivity index (χ1) is 13.5. The van der Waals surface area contributed by atoms with E-state index in [1.807, 2.05) is 47.8 Å². The molecule has 0 aliphatic carbocycles. The summed E-state index contributed by atoms with van der Waals surface area (Å²) in [5, 5.41) is 6.51. The van der Waals surface area contributed by atoms with Crippen molar-refractivity contribution in [1.29, 1.82) is 0 Å². The Hall–Kier alpha value is -2.00. The van der Waals surface area contributed by atoms with Crippen LogP contribution in [0.15, 0.2) is 58.9 Å². The zero-order valence-electron chi connectivity index (χ0n) is 16.2. The van der Waals surface area contributed by atoms with Gasteiger partial charge in [-0.2, -0.15) is 5.10 Å². The zero-order chi connectivity index (χ0) is 20.0. The fourth-order valence-electron chi connectivity index (χ4n) is 2.99. The van der Waals surface area contributed by atoms with Gasteiger partial charge in [0.25, 0.3) is 0 Å². The number of nitrogens with zero attached hydrogens (tertiary/aromatic N) is 3. The van der Waals surface area contributed by atoms with E-state index in [1.165, 1.54) is 11.3 Å². The van der Waals surface area contributed by atoms with Crippen LogP contribution in [0.3, 0.4) is 0 Å². The summed E-state index contributed by atoms with van der Waals surface area (Å²) in [6.45, 7) is 7.51. The van der Waals surface area contributed by atoms with Crippen LogP contribution < -0.4 is 4.72 Å². The van der Waals surface area contributed by atoms with Gasteiger partial charge >= 0.3 is 0 Å². The van der Waals surface area contributed by atoms with Gasteiger partial charge in [-0.3, -0.25) is 4.68 Å². The molecule has 0 spiro atoms. The standard InChI is InChI=1S/C20H26N4O2S2/c1-3-23(4-2)13-12-21-28(25,26)19-16-24(15-17-9-6-5-7-10-17)22-20(19)18-11-8-14-27-18/h5-11,14,16,21H,3-4,12-13,15H2,1-2H3. The number of nitrogens with one attached hydrogen (secondary N) is 1. The third kappa shape index (κ3) is 5.08. The van der Waals surface area contributed by atoms with Crippen LogP contribution in [0.4, 0.5) is 0 Å². The summed E-state index contributed by atoms with van der Waals surface area (Å²) in [6, 6.07) is 13.7. The van der Waals surface area contributed by atoms with Crippen LogP contribution in [0.5, 0.6) is 0 Å². The lowest BCUT2D eigenvalue weighted by atomic mass is 10.2. The van der Waals surface area contributed by atoms with E-state index in [1.54, 1.807) is 10.9 Å². The van der Waals surface area contributed by atoms with Gasteiger partial charge in [0.15, 0.2) is 0 Å². The Balaban J connectivity index is 1.85. The van der Waals surface area contributed by atoms with Crippen molar-refractivity contribution in [2.45, 2.75) is 25.3 Å². The summed E-state index contributed by atoms with van der Waals surface area (Å²) in [6.07, 6.45) is 1.63. The highest BCUT2D eigenvalue weighted by atomic mass is 32.2. The summed E-state index contributed by atoms with van der Waals surface area (Å²) >= 11 is 1.49. The molecule has 2 aromatic heterocycles. The van der Waals surface area contributed by atoms with Crippen molar-refractivity contribution in [3.8, 4) is 10.6 Å². The summed E-state index contributed by atoms with van der Waals surface area (Å²) < 4.78 is 30.4. The molecule has 3 aromatic rings. The molecule has 8 heteroatoms. The topological polar surface area (TPSA) is 67.2 Å². The van der Waals surface area contributed by atoms with Crippen LogP contribution in [0, 0.1) is 0 Å². The Morgan fingerprint density at radius 1 is 1.11 bits per heavy atom. The smallest absolute Gasteiger partial charge is 0.244 e. The van der Waals surface area contributed by atoms with Gasteiger partial charge < -0.3 is 4.90 Å². The predicted molar refractivity (Wildman–Crippen MR) is 114 cm³/mol. The van der Waals surface area contributed by atoms with Gasteiger partial charge in [0, 0.05) is 19.3 Å². The lowest BCUT2D eigenvalue weighted by Crippen LogP contribution is -2.34. The quantitative estimate of drug-likeness (QED) is 0.549. The predicted octanol–water partition coefficient (Wildman–Crippen LogP) is 3.28. The molecule has 0 fully saturated rings. The van der Waals surface area contributed by atoms with Crippen molar-refractivity contribution >= 4 is 21.4 Å². The lowest BCUT2D eigenvalue weighted by molar-refractivity contribution is 0.309. The fraction of sp³-hybridized carbons (Fsp3) is 0.350. The molecule has 2 heterocycles. The Morgan fingerprint density at radius 3 is 2.50 bits per heavy atom. The van der Waals surface area contributed by atoms with E-state index < -0.39 is 10.0 Å². The lowest BCUT2D eigenvalue weighted by Gasteiger charge is -2.17. The molecule has 0 bridgehead atoms. The van der Waals surface area contributed by atoms with Crippen molar-refractivity contribution in [3.63, 3.8) is 0 Å². The van der Waals surface area contributed by atoms with Crippen LogP contribution in [-0.2, 0) is 16.6 Å². The number of rotatable bonds is 10. The molecule has 1 N–H and O–H groups in total. The Kier molecular flexibility index (Phi) is 7.01. The fourth-order valence-corrected chi connectivity index (χ4v) is 4.96. The van der Waals surface area contributed by atoms with Gasteiger partial charge in [0.05, 0.1) is 11.4 Å². The van der Waals surface area contributed by atoms with Crippen molar-refractivity contribution in [3.05, 3.63) is 59.6 Å². The summed E-state index contributed by atoms with van der Waals surface area (Å²) in [4.78, 5) is 3.25. The average Bonchev–Trinajstić information content (AvgIpc) is 3.36. The van der Waals surface area contributed by atoms with E-state index in [9.17, 15) is 8.42 Å². The maximum atomic E-state index is 13.0. The van der Waals surface area contributed by atoms with Gasteiger partial charge in [0.2, 0.25) is 10.0 Å². The molecule has 3 rings (SSSR count). The number of hydrogen-bond donors (Lipinski definition) is 1. The van der Waals surface area contributed by atoms with Crippen LogP contribution in [0.1, 0.15) is 19.4 Å². The minimum atomic E-state index is -3.65. The molecule has 0 atom stereocenters. The van der Waals surface area contributed by atoms with Crippen molar-refractivity contribution in [2.75, 3.05) is 26.2 Å². The molecule has 150 valence electrons. The first-order valence-corrected chi connectivity index (χ1v) is 11.8. The number of benzene rings is 1. The van der Waals surface area contributed by atoms with E-state index in [2.05, 4.69) is 28.6 Å². The van der Waals surface area contributed by atoms with Gasteiger partial charge in [-0.05, 0) is 30.1 Å². The molecular weight excluding hydrogens is 392 g/mol. The molecule has 6 nitrogen and oxygen atoms in total. The average molecular weight is 419 g/mol. The number of thiophene rings is 1. The number of likely N-dealkylation sites (N-methyl/N-ethyl adjacent to an activating group) is 1. The number of hydrogen-bond acceptors (Lipinski definition) is 5. The van der Waals surface area contributed by atoms with E-state index in [4.69, 9.17) is 0 Å². The number of aromatic nitrogens is 2. The molecule has 0 radical (unpaired) electrons. The summed E-state index contributed by atoms with van der Waals surface area (Å²) in [5.41, 5.74) is 1.57. The highest BCUT2D eigenvalue weighted by Gasteiger charge is 2.24. The molecule has 0 aliphatic heterocycles. The molecule has 0 amide bonds. The molecule has 0 unspecified atom stereocenters. The van der Waals surface area contributed by atoms with E-state index >= 15 is 0 Å². The first-order valence-electron chi connectivity index (χ1n) is 9.40. The SMILES string of the molecule is CCN(CC)CCNS(=O)(=O)c1cn(Cc2ccccc2)nc1-c1cccs1. The highest BCUT2D eigenvalue weighted by molar-refractivity contribution is 7.89. The van der Waals surface area contributed by atoms with Gasteiger partial charge in [-0.25, -0.2) is 13.1 Å². The van der Waals surface area contributed by atoms with Crippen molar-refractivity contribution in [1.82, 2.24) is 19.4 Å². The van der Waals surface area contributed by atoms with Crippen LogP contribution in [0.25, 0.3) is 10.6 Å². The van der Waals surface area contributed by atoms with Crippen LogP contribution in [0.2, 0.25) is 0 Å². The van der Waals surface area contributed by atoms with Gasteiger partial charge in [-0.1, -0.05) is 50.2 Å². The van der Waals surface area contributed by atoms with Gasteiger partial charge in [0.1, 0.15) is 10.6 Å². The Labute approximate surface area is 170 Å². The van der Waals surface area contributed by atoms with Crippen molar-refractivity contribution in [2.24, 2.45) is 0 Å². The van der Waals surface area contributed by atoms with E-state index in [-0.39, 0.29) is 4.90 Å². The minimum Gasteiger partial charge on any atom is -0.303 e. The maximum Gasteiger partial charge on any atom is 0.244 e. The second-order valence-corrected chi connectivity index (χ2v) is 9.11. The largest absolute Gasteiger partial charge is 0.303 e. The van der Waals surface area contributed by atoms with Crippen LogP contribution >= 0.6 is 11.3 Å². The van der Waals surface area contributed by atoms with Crippen molar-refractivity contribution < 1.29 is 8.42 Å². The Morgan fingerprint density at radius 2 is 1.86 bits per heavy atom. The molecule has 1 aromatic carbocycles. The molecule has 0 saturated heterocycles. The number of sulfonamides is 1. The third-order valence-electron chi connectivity index (χ3n) is 4.57. The third-order valence-corrected chi connectivity index (χ3v) is 6.91. The highest BCUT2D eigenvalue weighted by Crippen LogP contribution is 2.29. The molecule has 0 aliphatic rings. The molecule has 0 saturated carbocycles. The Bertz CT molecular complexity index is 963.